The third-order valence-electron chi connectivity index (χ3n) is 3.87. The lowest BCUT2D eigenvalue weighted by atomic mass is 9.78. The minimum atomic E-state index is -1.32. The van der Waals surface area contributed by atoms with Gasteiger partial charge < -0.3 is 25.1 Å². The van der Waals surface area contributed by atoms with Gasteiger partial charge in [-0.25, -0.2) is 0 Å². The Hall–Kier alpha value is -2.30. The van der Waals surface area contributed by atoms with E-state index in [0.29, 0.717) is 12.1 Å². The molecule has 3 atom stereocenters. The molecule has 19 heavy (non-hydrogen) atoms. The van der Waals surface area contributed by atoms with Crippen LogP contribution in [0.4, 0.5) is 5.69 Å². The Labute approximate surface area is 109 Å². The number of carboxylic acid groups (broad SMARTS) is 2. The zero-order chi connectivity index (χ0) is 13.6. The first-order valence-corrected chi connectivity index (χ1v) is 6.08. The van der Waals surface area contributed by atoms with Gasteiger partial charge in [0.25, 0.3) is 0 Å². The number of fused-ring (bicyclic) bond motifs is 3. The number of aromatic carboxylic acids is 1. The van der Waals surface area contributed by atoms with Gasteiger partial charge in [-0.15, -0.1) is 0 Å². The Morgan fingerprint density at radius 3 is 2.74 bits per heavy atom. The van der Waals surface area contributed by atoms with Crippen molar-refractivity contribution in [1.29, 1.82) is 0 Å². The van der Waals surface area contributed by atoms with Crippen molar-refractivity contribution in [3.05, 3.63) is 41.5 Å². The van der Waals surface area contributed by atoms with Crippen molar-refractivity contribution < 1.29 is 19.8 Å². The number of benzene rings is 1. The molecule has 0 unspecified atom stereocenters. The van der Waals surface area contributed by atoms with Crippen LogP contribution in [0.5, 0.6) is 0 Å². The fraction of sp³-hybridized carbons (Fsp3) is 0.286. The van der Waals surface area contributed by atoms with Gasteiger partial charge in [-0.3, -0.25) is 0 Å². The number of hydrogen-bond donors (Lipinski definition) is 1. The average Bonchev–Trinajstić information content (AvgIpc) is 2.85. The lowest BCUT2D eigenvalue weighted by Gasteiger charge is -2.38. The number of carbonyl (C=O) groups excluding carboxylic acids is 2. The molecule has 3 rings (SSSR count). The van der Waals surface area contributed by atoms with Gasteiger partial charge in [0.2, 0.25) is 0 Å². The average molecular weight is 257 g/mol. The molecule has 1 aliphatic carbocycles. The van der Waals surface area contributed by atoms with Crippen LogP contribution in [0.3, 0.4) is 0 Å². The molecule has 1 aromatic carbocycles. The Balaban J connectivity index is 2.15. The second-order valence-corrected chi connectivity index (χ2v) is 4.85. The van der Waals surface area contributed by atoms with Crippen molar-refractivity contribution in [3.8, 4) is 0 Å². The second-order valence-electron chi connectivity index (χ2n) is 4.85. The van der Waals surface area contributed by atoms with E-state index in [-0.39, 0.29) is 17.4 Å². The van der Waals surface area contributed by atoms with Crippen molar-refractivity contribution in [2.24, 2.45) is 5.92 Å². The summed E-state index contributed by atoms with van der Waals surface area (Å²) in [6.45, 7) is 0. The van der Waals surface area contributed by atoms with E-state index in [9.17, 15) is 19.8 Å². The number of allylic oxidation sites excluding steroid dienone is 2. The van der Waals surface area contributed by atoms with Gasteiger partial charge in [0, 0.05) is 17.2 Å². The minimum Gasteiger partial charge on any atom is -0.548 e. The Morgan fingerprint density at radius 2 is 2.05 bits per heavy atom. The molecule has 0 fully saturated rings. The van der Waals surface area contributed by atoms with Crippen LogP contribution in [0, 0.1) is 5.92 Å². The van der Waals surface area contributed by atoms with E-state index in [1.54, 1.807) is 6.07 Å². The van der Waals surface area contributed by atoms with E-state index in [0.717, 1.165) is 5.56 Å². The van der Waals surface area contributed by atoms with Crippen molar-refractivity contribution >= 4 is 17.6 Å². The van der Waals surface area contributed by atoms with Gasteiger partial charge in [0.05, 0.1) is 18.0 Å². The molecule has 2 aliphatic rings. The molecule has 1 N–H and O–H groups in total. The zero-order valence-corrected chi connectivity index (χ0v) is 9.96. The summed E-state index contributed by atoms with van der Waals surface area (Å²) < 4.78 is 0. The standard InChI is InChI=1S/C14H13NO4/c16-13(17)10-6-2-4-8-7-3-1-5-9(7)12(14(18)19)15-11(8)10/h1-4,6-7,9,12,15H,5H2,(H,16,17)(H,18,19)/p-2/t7-,9+,12+/m1/s1. The van der Waals surface area contributed by atoms with Crippen LogP contribution < -0.4 is 15.5 Å². The molecule has 1 aliphatic heterocycles. The van der Waals surface area contributed by atoms with Gasteiger partial charge in [-0.05, 0) is 17.9 Å². The number of aliphatic carboxylic acids is 1. The minimum absolute atomic E-state index is 0.0116. The lowest BCUT2D eigenvalue weighted by Crippen LogP contribution is -2.49. The number of rotatable bonds is 2. The van der Waals surface area contributed by atoms with Crippen molar-refractivity contribution in [3.63, 3.8) is 0 Å². The summed E-state index contributed by atoms with van der Waals surface area (Å²) in [6.07, 6.45) is 4.50. The largest absolute Gasteiger partial charge is 0.548 e. The third-order valence-corrected chi connectivity index (χ3v) is 3.87. The van der Waals surface area contributed by atoms with Crippen molar-refractivity contribution in [2.45, 2.75) is 18.4 Å². The van der Waals surface area contributed by atoms with Gasteiger partial charge in [0.1, 0.15) is 0 Å². The van der Waals surface area contributed by atoms with Crippen LogP contribution in [0.2, 0.25) is 0 Å². The number of anilines is 1. The molecule has 5 heteroatoms. The second kappa shape index (κ2) is 4.12. The topological polar surface area (TPSA) is 92.3 Å². The number of nitrogens with one attached hydrogen (secondary N) is 1. The van der Waals surface area contributed by atoms with Gasteiger partial charge in [-0.1, -0.05) is 30.4 Å². The highest BCUT2D eigenvalue weighted by Crippen LogP contribution is 2.45. The third kappa shape index (κ3) is 1.69. The number of carbonyl (C=O) groups is 2. The molecule has 0 amide bonds. The van der Waals surface area contributed by atoms with Crippen LogP contribution in [0.15, 0.2) is 30.4 Å². The maximum atomic E-state index is 11.2. The molecule has 98 valence electrons. The molecule has 0 bridgehead atoms. The highest BCUT2D eigenvalue weighted by Gasteiger charge is 2.38. The summed E-state index contributed by atoms with van der Waals surface area (Å²) in [5, 5.41) is 25.1. The first kappa shape index (κ1) is 11.8. The molecule has 0 saturated heterocycles. The zero-order valence-electron chi connectivity index (χ0n) is 9.96. The predicted molar refractivity (Wildman–Crippen MR) is 63.2 cm³/mol. The van der Waals surface area contributed by atoms with Gasteiger partial charge >= 0.3 is 0 Å². The fourth-order valence-corrected chi connectivity index (χ4v) is 3.02. The molecule has 1 aromatic rings. The predicted octanol–water partition coefficient (Wildman–Crippen LogP) is -0.746. The molecule has 0 radical (unpaired) electrons. The van der Waals surface area contributed by atoms with E-state index in [4.69, 9.17) is 0 Å². The van der Waals surface area contributed by atoms with E-state index in [1.807, 2.05) is 18.2 Å². The highest BCUT2D eigenvalue weighted by molar-refractivity contribution is 5.95. The van der Waals surface area contributed by atoms with Crippen LogP contribution >= 0.6 is 0 Å². The first-order valence-electron chi connectivity index (χ1n) is 6.08. The smallest absolute Gasteiger partial charge is 0.0736 e. The van der Waals surface area contributed by atoms with Crippen molar-refractivity contribution in [2.75, 3.05) is 5.32 Å². The summed E-state index contributed by atoms with van der Waals surface area (Å²) in [7, 11) is 0. The van der Waals surface area contributed by atoms with Crippen LogP contribution in [0.25, 0.3) is 0 Å². The maximum absolute atomic E-state index is 11.2. The number of carboxylic acids is 2. The van der Waals surface area contributed by atoms with E-state index < -0.39 is 18.0 Å². The molecule has 0 spiro atoms. The summed E-state index contributed by atoms with van der Waals surface area (Å²) in [5.74, 6) is -2.74. The summed E-state index contributed by atoms with van der Waals surface area (Å²) in [4.78, 5) is 22.3. The van der Waals surface area contributed by atoms with E-state index >= 15 is 0 Å². The normalized spacial score (nSPS) is 27.3. The number of para-hydroxylation sites is 1. The molecular weight excluding hydrogens is 246 g/mol. The summed E-state index contributed by atoms with van der Waals surface area (Å²) >= 11 is 0. The summed E-state index contributed by atoms with van der Waals surface area (Å²) in [5.41, 5.74) is 1.13. The van der Waals surface area contributed by atoms with E-state index in [1.165, 1.54) is 6.07 Å². The monoisotopic (exact) mass is 257 g/mol. The lowest BCUT2D eigenvalue weighted by molar-refractivity contribution is -0.308. The van der Waals surface area contributed by atoms with Gasteiger partial charge in [-0.2, -0.15) is 0 Å². The Morgan fingerprint density at radius 1 is 1.26 bits per heavy atom. The van der Waals surface area contributed by atoms with Crippen molar-refractivity contribution in [1.82, 2.24) is 0 Å². The number of hydrogen-bond acceptors (Lipinski definition) is 5. The molecule has 1 heterocycles. The maximum Gasteiger partial charge on any atom is 0.0736 e. The highest BCUT2D eigenvalue weighted by atomic mass is 16.4. The molecule has 0 saturated carbocycles. The van der Waals surface area contributed by atoms with Crippen LogP contribution in [-0.2, 0) is 4.79 Å². The molecule has 0 aromatic heterocycles. The SMILES string of the molecule is O=C([O-])c1cccc2c1N[C@H](C(=O)[O-])[C@H]1CC=C[C@H]21. The van der Waals surface area contributed by atoms with Gasteiger partial charge in [0.15, 0.2) is 0 Å². The Kier molecular flexibility index (Phi) is 2.55. The van der Waals surface area contributed by atoms with Crippen LogP contribution in [0.1, 0.15) is 28.3 Å². The first-order chi connectivity index (χ1) is 9.09. The fourth-order valence-electron chi connectivity index (χ4n) is 3.02. The Bertz CT molecular complexity index is 593. The molecular formula is C14H11NO4-2. The van der Waals surface area contributed by atoms with E-state index in [2.05, 4.69) is 5.32 Å². The van der Waals surface area contributed by atoms with Crippen LogP contribution in [-0.4, -0.2) is 18.0 Å². The summed E-state index contributed by atoms with van der Waals surface area (Å²) in [6, 6.07) is 3.99. The molecule has 5 nitrogen and oxygen atoms in total. The quantitative estimate of drug-likeness (QED) is 0.704.